The lowest BCUT2D eigenvalue weighted by Gasteiger charge is -2.36. The zero-order valence-electron chi connectivity index (χ0n) is 17.6. The van der Waals surface area contributed by atoms with Crippen LogP contribution in [0.4, 0.5) is 9.18 Å². The molecular formula is C21H29ClFN3O4. The molecule has 1 saturated heterocycles. The minimum Gasteiger partial charge on any atom is -0.444 e. The number of ether oxygens (including phenoxy) is 1. The summed E-state index contributed by atoms with van der Waals surface area (Å²) in [5.41, 5.74) is -0.430. The Balaban J connectivity index is 1.83. The van der Waals surface area contributed by atoms with Gasteiger partial charge in [0.2, 0.25) is 5.91 Å². The molecule has 1 aliphatic rings. The number of alkyl carbamates (subject to hydrolysis) is 1. The summed E-state index contributed by atoms with van der Waals surface area (Å²) in [5, 5.41) is 5.38. The molecule has 1 unspecified atom stereocenters. The van der Waals surface area contributed by atoms with Crippen LogP contribution in [0.1, 0.15) is 56.8 Å². The topological polar surface area (TPSA) is 87.7 Å². The van der Waals surface area contributed by atoms with Gasteiger partial charge in [-0.1, -0.05) is 11.6 Å². The van der Waals surface area contributed by atoms with Crippen molar-refractivity contribution in [1.82, 2.24) is 15.5 Å². The summed E-state index contributed by atoms with van der Waals surface area (Å²) in [6.45, 7) is 6.42. The van der Waals surface area contributed by atoms with Crippen molar-refractivity contribution in [3.63, 3.8) is 0 Å². The van der Waals surface area contributed by atoms with E-state index in [1.807, 2.05) is 0 Å². The molecule has 3 amide bonds. The van der Waals surface area contributed by atoms with Crippen molar-refractivity contribution in [2.45, 2.75) is 58.1 Å². The van der Waals surface area contributed by atoms with Gasteiger partial charge in [-0.15, -0.1) is 0 Å². The summed E-state index contributed by atoms with van der Waals surface area (Å²) in [6.07, 6.45) is 2.27. The summed E-state index contributed by atoms with van der Waals surface area (Å²) in [6, 6.07) is 3.42. The number of carbonyl (C=O) groups excluding carboxylic acids is 3. The third kappa shape index (κ3) is 7.48. The number of benzene rings is 1. The van der Waals surface area contributed by atoms with E-state index in [1.165, 1.54) is 6.07 Å². The van der Waals surface area contributed by atoms with Crippen LogP contribution in [0, 0.1) is 5.82 Å². The van der Waals surface area contributed by atoms with Crippen LogP contribution in [0.2, 0.25) is 5.02 Å². The van der Waals surface area contributed by atoms with Crippen LogP contribution in [0.15, 0.2) is 18.2 Å². The van der Waals surface area contributed by atoms with Crippen molar-refractivity contribution in [1.29, 1.82) is 0 Å². The molecule has 1 heterocycles. The molecule has 2 rings (SSSR count). The first-order valence-electron chi connectivity index (χ1n) is 10.1. The number of hydrogen-bond acceptors (Lipinski definition) is 4. The maximum Gasteiger partial charge on any atom is 0.407 e. The van der Waals surface area contributed by atoms with Crippen LogP contribution in [-0.2, 0) is 9.53 Å². The van der Waals surface area contributed by atoms with Gasteiger partial charge in [0.1, 0.15) is 11.4 Å². The minimum atomic E-state index is -0.586. The number of piperidine rings is 1. The van der Waals surface area contributed by atoms with E-state index in [4.69, 9.17) is 16.3 Å². The second-order valence-corrected chi connectivity index (χ2v) is 8.66. The van der Waals surface area contributed by atoms with E-state index in [2.05, 4.69) is 10.6 Å². The molecule has 1 aromatic rings. The van der Waals surface area contributed by atoms with Crippen LogP contribution in [0.3, 0.4) is 0 Å². The fourth-order valence-corrected chi connectivity index (χ4v) is 3.50. The molecule has 0 bridgehead atoms. The van der Waals surface area contributed by atoms with Crippen molar-refractivity contribution in [2.24, 2.45) is 0 Å². The molecule has 1 aromatic carbocycles. The molecule has 0 spiro atoms. The Morgan fingerprint density at radius 1 is 1.23 bits per heavy atom. The number of amides is 3. The molecule has 0 radical (unpaired) electrons. The Morgan fingerprint density at radius 3 is 2.63 bits per heavy atom. The molecule has 0 saturated carbocycles. The number of rotatable bonds is 6. The molecule has 7 nitrogen and oxygen atoms in total. The minimum absolute atomic E-state index is 0.0168. The first-order chi connectivity index (χ1) is 14.1. The predicted molar refractivity (Wildman–Crippen MR) is 112 cm³/mol. The Morgan fingerprint density at radius 2 is 1.97 bits per heavy atom. The lowest BCUT2D eigenvalue weighted by Crippen LogP contribution is -2.50. The van der Waals surface area contributed by atoms with Gasteiger partial charge in [0.15, 0.2) is 0 Å². The van der Waals surface area contributed by atoms with Gasteiger partial charge < -0.3 is 20.3 Å². The maximum atomic E-state index is 13.1. The fourth-order valence-electron chi connectivity index (χ4n) is 3.25. The summed E-state index contributed by atoms with van der Waals surface area (Å²) in [5.74, 6) is -1.09. The van der Waals surface area contributed by atoms with Gasteiger partial charge in [0.05, 0.1) is 10.6 Å². The highest BCUT2D eigenvalue weighted by molar-refractivity contribution is 6.33. The van der Waals surface area contributed by atoms with E-state index >= 15 is 0 Å². The molecule has 1 aliphatic heterocycles. The van der Waals surface area contributed by atoms with Gasteiger partial charge in [-0.3, -0.25) is 9.59 Å². The van der Waals surface area contributed by atoms with E-state index in [1.54, 1.807) is 25.7 Å². The van der Waals surface area contributed by atoms with Crippen LogP contribution in [0.25, 0.3) is 0 Å². The maximum absolute atomic E-state index is 13.1. The number of carbonyl (C=O) groups is 3. The molecule has 166 valence electrons. The van der Waals surface area contributed by atoms with Gasteiger partial charge in [0, 0.05) is 32.1 Å². The SMILES string of the molecule is CC(C)(C)OC(=O)NCC1CCCCN1C(=O)CCNC(=O)c1ccc(F)cc1Cl. The third-order valence-corrected chi connectivity index (χ3v) is 4.94. The average molecular weight is 442 g/mol. The van der Waals surface area contributed by atoms with Crippen molar-refractivity contribution in [2.75, 3.05) is 19.6 Å². The second-order valence-electron chi connectivity index (χ2n) is 8.25. The standard InChI is InChI=1S/C21H29ClFN3O4/c1-21(2,3)30-20(29)25-13-15-6-4-5-11-26(15)18(27)9-10-24-19(28)16-8-7-14(23)12-17(16)22/h7-8,12,15H,4-6,9-11,13H2,1-3H3,(H,24,28)(H,25,29). The van der Waals surface area contributed by atoms with Gasteiger partial charge in [-0.05, 0) is 58.2 Å². The summed E-state index contributed by atoms with van der Waals surface area (Å²) in [7, 11) is 0. The molecule has 9 heteroatoms. The highest BCUT2D eigenvalue weighted by Crippen LogP contribution is 2.19. The Kier molecular flexibility index (Phi) is 8.46. The zero-order chi connectivity index (χ0) is 22.3. The quantitative estimate of drug-likeness (QED) is 0.707. The van der Waals surface area contributed by atoms with Crippen molar-refractivity contribution >= 4 is 29.5 Å². The highest BCUT2D eigenvalue weighted by atomic mass is 35.5. The number of hydrogen-bond donors (Lipinski definition) is 2. The largest absolute Gasteiger partial charge is 0.444 e. The molecular weight excluding hydrogens is 413 g/mol. The average Bonchev–Trinajstić information content (AvgIpc) is 2.65. The summed E-state index contributed by atoms with van der Waals surface area (Å²) in [4.78, 5) is 38.5. The van der Waals surface area contributed by atoms with Gasteiger partial charge in [-0.25, -0.2) is 9.18 Å². The smallest absolute Gasteiger partial charge is 0.407 e. The highest BCUT2D eigenvalue weighted by Gasteiger charge is 2.27. The van der Waals surface area contributed by atoms with E-state index < -0.39 is 23.4 Å². The van der Waals surface area contributed by atoms with Crippen LogP contribution < -0.4 is 10.6 Å². The molecule has 0 aliphatic carbocycles. The van der Waals surface area contributed by atoms with Crippen molar-refractivity contribution < 1.29 is 23.5 Å². The van der Waals surface area contributed by atoms with E-state index in [0.717, 1.165) is 31.4 Å². The predicted octanol–water partition coefficient (Wildman–Crippen LogP) is 3.50. The molecule has 2 N–H and O–H groups in total. The Labute approximate surface area is 181 Å². The molecule has 0 aromatic heterocycles. The van der Waals surface area contributed by atoms with Crippen molar-refractivity contribution in [3.8, 4) is 0 Å². The van der Waals surface area contributed by atoms with Gasteiger partial charge in [-0.2, -0.15) is 0 Å². The van der Waals surface area contributed by atoms with E-state index in [9.17, 15) is 18.8 Å². The van der Waals surface area contributed by atoms with Crippen LogP contribution >= 0.6 is 11.6 Å². The monoisotopic (exact) mass is 441 g/mol. The lowest BCUT2D eigenvalue weighted by atomic mass is 10.0. The first-order valence-corrected chi connectivity index (χ1v) is 10.4. The number of halogens is 2. The summed E-state index contributed by atoms with van der Waals surface area (Å²) < 4.78 is 18.3. The van der Waals surface area contributed by atoms with E-state index in [-0.39, 0.29) is 35.5 Å². The number of nitrogens with one attached hydrogen (secondary N) is 2. The van der Waals surface area contributed by atoms with Crippen molar-refractivity contribution in [3.05, 3.63) is 34.6 Å². The van der Waals surface area contributed by atoms with Crippen LogP contribution in [-0.4, -0.2) is 54.1 Å². The van der Waals surface area contributed by atoms with Gasteiger partial charge in [0.25, 0.3) is 5.91 Å². The third-order valence-electron chi connectivity index (χ3n) is 4.63. The normalized spacial score (nSPS) is 16.7. The number of nitrogens with zero attached hydrogens (tertiary/aromatic N) is 1. The molecule has 1 atom stereocenters. The second kappa shape index (κ2) is 10.6. The lowest BCUT2D eigenvalue weighted by molar-refractivity contribution is -0.134. The fraction of sp³-hybridized carbons (Fsp3) is 0.571. The van der Waals surface area contributed by atoms with E-state index in [0.29, 0.717) is 13.1 Å². The van der Waals surface area contributed by atoms with Gasteiger partial charge >= 0.3 is 6.09 Å². The first kappa shape index (κ1) is 23.9. The summed E-state index contributed by atoms with van der Waals surface area (Å²) >= 11 is 5.89. The number of likely N-dealkylation sites (tertiary alicyclic amines) is 1. The van der Waals surface area contributed by atoms with Crippen LogP contribution in [0.5, 0.6) is 0 Å². The Bertz CT molecular complexity index is 782. The molecule has 30 heavy (non-hydrogen) atoms. The zero-order valence-corrected chi connectivity index (χ0v) is 18.4. The molecule has 1 fully saturated rings. The Hall–Kier alpha value is -2.35.